The number of rotatable bonds is 1. The molecule has 0 aromatic heterocycles. The normalized spacial score (nSPS) is 30.1. The van der Waals surface area contributed by atoms with Crippen LogP contribution in [0.25, 0.3) is 0 Å². The van der Waals surface area contributed by atoms with Crippen molar-refractivity contribution in [2.45, 2.75) is 39.5 Å². The molecule has 1 aliphatic heterocycles. The Morgan fingerprint density at radius 3 is 2.36 bits per heavy atom. The van der Waals surface area contributed by atoms with E-state index in [1.54, 1.807) is 0 Å². The molecular weight excluding hydrogens is 275 g/mol. The fraction of sp³-hybridized carbons (Fsp3) is 0.611. The molecule has 0 amide bonds. The molecule has 22 heavy (non-hydrogen) atoms. The van der Waals surface area contributed by atoms with Crippen molar-refractivity contribution in [2.75, 3.05) is 13.2 Å². The Hall–Kier alpha value is -1.13. The van der Waals surface area contributed by atoms with Gasteiger partial charge in [0.15, 0.2) is 0 Å². The van der Waals surface area contributed by atoms with Crippen LogP contribution in [0, 0.1) is 17.3 Å². The predicted octanol–water partition coefficient (Wildman–Crippen LogP) is 2.15. The maximum atomic E-state index is 12.3. The number of benzene rings is 1. The largest absolute Gasteiger partial charge is 0.493 e. The number of fused-ring (bicyclic) bond motifs is 3. The third kappa shape index (κ3) is 2.52. The SMILES string of the molecule is CC1(C)COB(c2ccc3c(c2)C[C@@H]2CC[C@H](C3)C2=O)OC1. The Balaban J connectivity index is 1.58. The summed E-state index contributed by atoms with van der Waals surface area (Å²) in [6.07, 6.45) is 3.97. The molecule has 1 aromatic rings. The zero-order valence-electron chi connectivity index (χ0n) is 13.4. The van der Waals surface area contributed by atoms with Crippen molar-refractivity contribution in [3.8, 4) is 0 Å². The van der Waals surface area contributed by atoms with Gasteiger partial charge in [-0.3, -0.25) is 4.79 Å². The molecule has 2 atom stereocenters. The average molecular weight is 298 g/mol. The van der Waals surface area contributed by atoms with Crippen LogP contribution >= 0.6 is 0 Å². The van der Waals surface area contributed by atoms with Crippen LogP contribution in [-0.2, 0) is 26.9 Å². The van der Waals surface area contributed by atoms with Gasteiger partial charge in [-0.2, -0.15) is 0 Å². The lowest BCUT2D eigenvalue weighted by molar-refractivity contribution is -0.123. The van der Waals surface area contributed by atoms with Crippen LogP contribution in [0.4, 0.5) is 0 Å². The summed E-state index contributed by atoms with van der Waals surface area (Å²) in [5.41, 5.74) is 3.86. The number of ketones is 1. The lowest BCUT2D eigenvalue weighted by Gasteiger charge is -2.33. The molecular formula is C18H23BO3. The van der Waals surface area contributed by atoms with Gasteiger partial charge in [-0.15, -0.1) is 0 Å². The Morgan fingerprint density at radius 2 is 1.68 bits per heavy atom. The van der Waals surface area contributed by atoms with E-state index in [-0.39, 0.29) is 24.4 Å². The Kier molecular flexibility index (Phi) is 3.42. The lowest BCUT2D eigenvalue weighted by Crippen LogP contribution is -2.47. The van der Waals surface area contributed by atoms with Gasteiger partial charge >= 0.3 is 7.12 Å². The van der Waals surface area contributed by atoms with Crippen molar-refractivity contribution in [3.63, 3.8) is 0 Å². The minimum absolute atomic E-state index is 0.0910. The second-order valence-corrected chi connectivity index (χ2v) is 7.93. The molecule has 1 aromatic carbocycles. The van der Waals surface area contributed by atoms with Crippen LogP contribution in [-0.4, -0.2) is 26.1 Å². The van der Waals surface area contributed by atoms with Crippen LogP contribution in [0.1, 0.15) is 37.8 Å². The third-order valence-corrected chi connectivity index (χ3v) is 5.35. The maximum Gasteiger partial charge on any atom is 0.493 e. The summed E-state index contributed by atoms with van der Waals surface area (Å²) in [6, 6.07) is 6.52. The number of Topliss-reactive ketones (excluding diaryl/α,β-unsaturated/α-hetero) is 1. The van der Waals surface area contributed by atoms with Gasteiger partial charge in [0.1, 0.15) is 5.78 Å². The minimum Gasteiger partial charge on any atom is -0.407 e. The standard InChI is InChI=1S/C18H23BO3/c1-18(2)10-21-19(22-11-18)16-6-5-12-7-13-3-4-14(17(13)20)8-15(12)9-16/h5-6,9,13-14H,3-4,7-8,10-11H2,1-2H3/t13-,14+/m1/s1. The molecule has 1 saturated carbocycles. The van der Waals surface area contributed by atoms with E-state index in [9.17, 15) is 4.79 Å². The van der Waals surface area contributed by atoms with E-state index < -0.39 is 0 Å². The predicted molar refractivity (Wildman–Crippen MR) is 86.1 cm³/mol. The molecule has 1 saturated heterocycles. The Labute approximate surface area is 132 Å². The number of carbonyl (C=O) groups is 1. The molecule has 0 radical (unpaired) electrons. The monoisotopic (exact) mass is 298 g/mol. The molecule has 0 unspecified atom stereocenters. The van der Waals surface area contributed by atoms with Crippen molar-refractivity contribution < 1.29 is 14.1 Å². The first-order valence-electron chi connectivity index (χ1n) is 8.40. The molecule has 0 N–H and O–H groups in total. The van der Waals surface area contributed by atoms with E-state index in [0.29, 0.717) is 5.78 Å². The molecule has 2 aliphatic carbocycles. The smallest absolute Gasteiger partial charge is 0.407 e. The lowest BCUT2D eigenvalue weighted by atomic mass is 9.74. The Bertz CT molecular complexity index is 600. The van der Waals surface area contributed by atoms with E-state index in [4.69, 9.17) is 9.31 Å². The topological polar surface area (TPSA) is 35.5 Å². The summed E-state index contributed by atoms with van der Waals surface area (Å²) < 4.78 is 11.8. The molecule has 3 aliphatic rings. The van der Waals surface area contributed by atoms with Crippen molar-refractivity contribution in [1.29, 1.82) is 0 Å². The molecule has 0 spiro atoms. The molecule has 4 heteroatoms. The van der Waals surface area contributed by atoms with Crippen molar-refractivity contribution in [1.82, 2.24) is 0 Å². The molecule has 4 rings (SSSR count). The van der Waals surface area contributed by atoms with E-state index in [2.05, 4.69) is 32.0 Å². The van der Waals surface area contributed by atoms with Crippen LogP contribution in [0.2, 0.25) is 0 Å². The maximum absolute atomic E-state index is 12.3. The van der Waals surface area contributed by atoms with Crippen LogP contribution in [0.5, 0.6) is 0 Å². The van der Waals surface area contributed by atoms with Gasteiger partial charge in [-0.1, -0.05) is 32.0 Å². The van der Waals surface area contributed by atoms with Gasteiger partial charge < -0.3 is 9.31 Å². The molecule has 2 fully saturated rings. The highest BCUT2D eigenvalue weighted by Crippen LogP contribution is 2.36. The second kappa shape index (κ2) is 5.21. The minimum atomic E-state index is -0.255. The van der Waals surface area contributed by atoms with Gasteiger partial charge in [0.05, 0.1) is 0 Å². The number of hydrogen-bond acceptors (Lipinski definition) is 3. The summed E-state index contributed by atoms with van der Waals surface area (Å²) in [6.45, 7) is 5.75. The summed E-state index contributed by atoms with van der Waals surface area (Å²) >= 11 is 0. The summed E-state index contributed by atoms with van der Waals surface area (Å²) in [4.78, 5) is 12.3. The summed E-state index contributed by atoms with van der Waals surface area (Å²) in [7, 11) is -0.255. The molecule has 2 bridgehead atoms. The van der Waals surface area contributed by atoms with Crippen LogP contribution in [0.3, 0.4) is 0 Å². The first kappa shape index (κ1) is 14.5. The zero-order valence-corrected chi connectivity index (χ0v) is 13.4. The average Bonchev–Trinajstić information content (AvgIpc) is 2.73. The van der Waals surface area contributed by atoms with Crippen molar-refractivity contribution in [3.05, 3.63) is 29.3 Å². The van der Waals surface area contributed by atoms with Gasteiger partial charge in [0.25, 0.3) is 0 Å². The van der Waals surface area contributed by atoms with Crippen LogP contribution < -0.4 is 5.46 Å². The highest BCUT2D eigenvalue weighted by Gasteiger charge is 2.38. The highest BCUT2D eigenvalue weighted by atomic mass is 16.6. The third-order valence-electron chi connectivity index (χ3n) is 5.35. The fourth-order valence-corrected chi connectivity index (χ4v) is 4.02. The van der Waals surface area contributed by atoms with E-state index >= 15 is 0 Å². The van der Waals surface area contributed by atoms with Gasteiger partial charge in [0.2, 0.25) is 0 Å². The highest BCUT2D eigenvalue weighted by molar-refractivity contribution is 6.61. The molecule has 1 heterocycles. The number of carbonyl (C=O) groups excluding carboxylic acids is 1. The Morgan fingerprint density at radius 1 is 1.05 bits per heavy atom. The van der Waals surface area contributed by atoms with Crippen LogP contribution in [0.15, 0.2) is 18.2 Å². The van der Waals surface area contributed by atoms with Crippen molar-refractivity contribution in [2.24, 2.45) is 17.3 Å². The molecule has 116 valence electrons. The van der Waals surface area contributed by atoms with E-state index in [1.807, 2.05) is 0 Å². The van der Waals surface area contributed by atoms with Gasteiger partial charge in [-0.25, -0.2) is 0 Å². The van der Waals surface area contributed by atoms with E-state index in [1.165, 1.54) is 11.1 Å². The molecule has 3 nitrogen and oxygen atoms in total. The second-order valence-electron chi connectivity index (χ2n) is 7.93. The van der Waals surface area contributed by atoms with E-state index in [0.717, 1.165) is 44.4 Å². The zero-order chi connectivity index (χ0) is 15.3. The van der Waals surface area contributed by atoms with Crippen molar-refractivity contribution >= 4 is 18.4 Å². The quantitative estimate of drug-likeness (QED) is 0.745. The van der Waals surface area contributed by atoms with Gasteiger partial charge in [0, 0.05) is 30.5 Å². The summed E-state index contributed by atoms with van der Waals surface area (Å²) in [5, 5.41) is 0. The summed E-state index contributed by atoms with van der Waals surface area (Å²) in [5.74, 6) is 0.998. The van der Waals surface area contributed by atoms with Gasteiger partial charge in [-0.05, 0) is 42.3 Å². The number of hydrogen-bond donors (Lipinski definition) is 0. The first-order valence-corrected chi connectivity index (χ1v) is 8.40. The first-order chi connectivity index (χ1) is 10.5. The fourth-order valence-electron chi connectivity index (χ4n) is 4.02.